The van der Waals surface area contributed by atoms with E-state index >= 15 is 0 Å². The van der Waals surface area contributed by atoms with Gasteiger partial charge >= 0.3 is 16.8 Å². The number of alkyl halides is 3. The second kappa shape index (κ2) is 7.43. The van der Waals surface area contributed by atoms with Crippen LogP contribution in [0.25, 0.3) is 5.69 Å². The van der Waals surface area contributed by atoms with E-state index in [9.17, 15) is 20.9 Å². The fourth-order valence-corrected chi connectivity index (χ4v) is 1.85. The number of rotatable bonds is 2. The van der Waals surface area contributed by atoms with Crippen LogP contribution >= 0.6 is 11.6 Å². The van der Waals surface area contributed by atoms with Gasteiger partial charge in [0.05, 0.1) is 10.7 Å². The monoisotopic (exact) mass is 391 g/mol. The maximum absolute atomic E-state index is 12.4. The lowest BCUT2D eigenvalue weighted by Crippen LogP contribution is -2.08. The predicted octanol–water partition coefficient (Wildman–Crippen LogP) is 4.23. The maximum atomic E-state index is 12.4. The molecule has 1 aromatic heterocycles. The summed E-state index contributed by atoms with van der Waals surface area (Å²) in [5.74, 6) is -0.899. The summed E-state index contributed by atoms with van der Waals surface area (Å²) in [7, 11) is -5.67. The highest BCUT2D eigenvalue weighted by Crippen LogP contribution is 2.28. The smallest absolute Gasteiger partial charge is 0.219 e. The van der Waals surface area contributed by atoms with Gasteiger partial charge in [-0.05, 0) is 23.6 Å². The molecule has 0 spiro atoms. The SMILES string of the molecule is CC(C)c1ccc(-n2cnc(C(F)(F)F)n2)c(Cl)c1.O=S(=O)(F)F. The van der Waals surface area contributed by atoms with Crippen LogP contribution in [0.3, 0.4) is 0 Å². The lowest BCUT2D eigenvalue weighted by Gasteiger charge is -2.09. The molecule has 0 bridgehead atoms. The topological polar surface area (TPSA) is 64.8 Å². The Morgan fingerprint density at radius 2 is 1.75 bits per heavy atom. The van der Waals surface area contributed by atoms with Crippen LogP contribution in [0.1, 0.15) is 31.2 Å². The van der Waals surface area contributed by atoms with Gasteiger partial charge in [-0.15, -0.1) is 5.10 Å². The van der Waals surface area contributed by atoms with Gasteiger partial charge in [0.1, 0.15) is 6.33 Å². The van der Waals surface area contributed by atoms with Gasteiger partial charge < -0.3 is 0 Å². The highest BCUT2D eigenvalue weighted by atomic mass is 35.5. The second-order valence-corrected chi connectivity index (χ2v) is 5.92. The summed E-state index contributed by atoms with van der Waals surface area (Å²) in [6.07, 6.45) is -3.56. The van der Waals surface area contributed by atoms with Crippen molar-refractivity contribution in [3.05, 3.63) is 40.9 Å². The Kier molecular flexibility index (Phi) is 6.28. The molecular formula is C12H11ClF5N3O2S. The van der Waals surface area contributed by atoms with Crippen LogP contribution < -0.4 is 0 Å². The van der Waals surface area contributed by atoms with E-state index in [1.165, 1.54) is 0 Å². The number of hydrogen-bond donors (Lipinski definition) is 0. The van der Waals surface area contributed by atoms with Crippen molar-refractivity contribution in [3.63, 3.8) is 0 Å². The van der Waals surface area contributed by atoms with Crippen LogP contribution in [0.15, 0.2) is 24.5 Å². The van der Waals surface area contributed by atoms with Crippen LogP contribution in [0, 0.1) is 0 Å². The summed E-state index contributed by atoms with van der Waals surface area (Å²) in [5.41, 5.74) is 1.37. The highest BCUT2D eigenvalue weighted by Gasteiger charge is 2.36. The summed E-state index contributed by atoms with van der Waals surface area (Å²) < 4.78 is 74.9. The van der Waals surface area contributed by atoms with E-state index in [1.807, 2.05) is 13.8 Å². The van der Waals surface area contributed by atoms with E-state index in [0.29, 0.717) is 10.7 Å². The number of nitrogens with zero attached hydrogens (tertiary/aromatic N) is 3. The molecule has 12 heteroatoms. The third-order valence-electron chi connectivity index (χ3n) is 2.63. The molecule has 24 heavy (non-hydrogen) atoms. The molecule has 1 heterocycles. The second-order valence-electron chi connectivity index (χ2n) is 4.75. The van der Waals surface area contributed by atoms with Gasteiger partial charge in [-0.3, -0.25) is 0 Å². The van der Waals surface area contributed by atoms with Crippen molar-refractivity contribution in [1.29, 1.82) is 0 Å². The zero-order valence-electron chi connectivity index (χ0n) is 12.2. The Balaban J connectivity index is 0.000000505. The fourth-order valence-electron chi connectivity index (χ4n) is 1.58. The molecule has 134 valence electrons. The fraction of sp³-hybridized carbons (Fsp3) is 0.333. The molecule has 0 fully saturated rings. The number of aromatic nitrogens is 3. The van der Waals surface area contributed by atoms with Crippen molar-refractivity contribution in [3.8, 4) is 5.69 Å². The van der Waals surface area contributed by atoms with Gasteiger partial charge in [-0.25, -0.2) is 9.67 Å². The Bertz CT molecular complexity index is 797. The predicted molar refractivity (Wildman–Crippen MR) is 76.6 cm³/mol. The van der Waals surface area contributed by atoms with Crippen LogP contribution in [-0.4, -0.2) is 23.2 Å². The first-order chi connectivity index (χ1) is 10.8. The molecule has 0 aliphatic heterocycles. The van der Waals surface area contributed by atoms with Crippen molar-refractivity contribution < 1.29 is 29.4 Å². The Morgan fingerprint density at radius 1 is 1.21 bits per heavy atom. The van der Waals surface area contributed by atoms with E-state index < -0.39 is 22.6 Å². The van der Waals surface area contributed by atoms with Crippen molar-refractivity contribution in [2.75, 3.05) is 0 Å². The molecule has 0 saturated heterocycles. The summed E-state index contributed by atoms with van der Waals surface area (Å²) >= 11 is 6.06. The molecule has 5 nitrogen and oxygen atoms in total. The largest absolute Gasteiger partial charge is 0.476 e. The Labute approximate surface area is 139 Å². The third kappa shape index (κ3) is 6.40. The zero-order chi connectivity index (χ0) is 18.7. The summed E-state index contributed by atoms with van der Waals surface area (Å²) in [6.45, 7) is 4.01. The average molecular weight is 392 g/mol. The van der Waals surface area contributed by atoms with Crippen LogP contribution in [0.2, 0.25) is 5.02 Å². The molecule has 0 atom stereocenters. The first-order valence-corrected chi connectivity index (χ1v) is 7.88. The Morgan fingerprint density at radius 3 is 2.12 bits per heavy atom. The molecule has 0 unspecified atom stereocenters. The lowest BCUT2D eigenvalue weighted by molar-refractivity contribution is -0.144. The minimum atomic E-state index is -5.67. The number of hydrogen-bond acceptors (Lipinski definition) is 4. The van der Waals surface area contributed by atoms with Crippen LogP contribution in [-0.2, 0) is 16.8 Å². The molecule has 0 amide bonds. The van der Waals surface area contributed by atoms with Gasteiger partial charge in [-0.1, -0.05) is 39.3 Å². The minimum absolute atomic E-state index is 0.285. The Hall–Kier alpha value is -1.75. The minimum Gasteiger partial charge on any atom is -0.219 e. The van der Waals surface area contributed by atoms with E-state index in [2.05, 4.69) is 10.1 Å². The average Bonchev–Trinajstić information content (AvgIpc) is 2.85. The van der Waals surface area contributed by atoms with Crippen molar-refractivity contribution in [2.24, 2.45) is 0 Å². The molecule has 0 N–H and O–H groups in total. The van der Waals surface area contributed by atoms with Crippen molar-refractivity contribution in [1.82, 2.24) is 14.8 Å². The molecule has 1 aromatic carbocycles. The van der Waals surface area contributed by atoms with Gasteiger partial charge in [0.15, 0.2) is 0 Å². The molecule has 0 aliphatic rings. The molecule has 0 radical (unpaired) electrons. The van der Waals surface area contributed by atoms with Gasteiger partial charge in [-0.2, -0.15) is 21.6 Å². The summed E-state index contributed by atoms with van der Waals surface area (Å²) in [5, 5.41) is 3.72. The molecule has 2 aromatic rings. The van der Waals surface area contributed by atoms with Crippen LogP contribution in [0.5, 0.6) is 0 Å². The van der Waals surface area contributed by atoms with E-state index in [-0.39, 0.29) is 5.92 Å². The van der Waals surface area contributed by atoms with Gasteiger partial charge in [0.2, 0.25) is 0 Å². The van der Waals surface area contributed by atoms with E-state index in [4.69, 9.17) is 20.0 Å². The van der Waals surface area contributed by atoms with E-state index in [0.717, 1.165) is 16.6 Å². The van der Waals surface area contributed by atoms with Gasteiger partial charge in [0, 0.05) is 0 Å². The van der Waals surface area contributed by atoms with Gasteiger partial charge in [0.25, 0.3) is 5.82 Å². The summed E-state index contributed by atoms with van der Waals surface area (Å²) in [6, 6.07) is 5.16. The normalized spacial score (nSPS) is 12.0. The maximum Gasteiger partial charge on any atom is 0.476 e. The van der Waals surface area contributed by atoms with E-state index in [1.54, 1.807) is 18.2 Å². The standard InChI is InChI=1S/C12H11ClF3N3.F2O2S/c1-7(2)8-3-4-10(9(13)5-8)19-6-17-11(18-19)12(14,15)16;1-5(2,3)4/h3-7H,1-2H3;. The molecular weight excluding hydrogens is 381 g/mol. The summed E-state index contributed by atoms with van der Waals surface area (Å²) in [4.78, 5) is 3.23. The number of halogens is 6. The zero-order valence-corrected chi connectivity index (χ0v) is 13.8. The van der Waals surface area contributed by atoms with Crippen molar-refractivity contribution in [2.45, 2.75) is 25.9 Å². The number of benzene rings is 1. The first kappa shape index (κ1) is 20.3. The molecule has 0 aliphatic carbocycles. The van der Waals surface area contributed by atoms with Crippen molar-refractivity contribution >= 4 is 22.2 Å². The third-order valence-corrected chi connectivity index (χ3v) is 2.93. The quantitative estimate of drug-likeness (QED) is 0.567. The lowest BCUT2D eigenvalue weighted by atomic mass is 10.0. The molecule has 0 saturated carbocycles. The molecule has 2 rings (SSSR count). The first-order valence-electron chi connectivity index (χ1n) is 6.22. The van der Waals surface area contributed by atoms with Crippen LogP contribution in [0.4, 0.5) is 20.9 Å². The highest BCUT2D eigenvalue weighted by molar-refractivity contribution is 7.81.